The molecular weight excluding hydrogens is 394 g/mol. The fourth-order valence-corrected chi connectivity index (χ4v) is 3.40. The summed E-state index contributed by atoms with van der Waals surface area (Å²) in [5, 5.41) is 4.08. The van der Waals surface area contributed by atoms with Gasteiger partial charge in [0.1, 0.15) is 0 Å². The zero-order valence-electron chi connectivity index (χ0n) is 14.6. The van der Waals surface area contributed by atoms with Crippen LogP contribution in [0.4, 0.5) is 5.69 Å². The van der Waals surface area contributed by atoms with Gasteiger partial charge in [0.15, 0.2) is 0 Å². The molecule has 1 amide bonds. The lowest BCUT2D eigenvalue weighted by molar-refractivity contribution is -0.117. The first-order valence-electron chi connectivity index (χ1n) is 8.48. The van der Waals surface area contributed by atoms with Gasteiger partial charge in [0.2, 0.25) is 17.6 Å². The molecule has 26 heavy (non-hydrogen) atoms. The summed E-state index contributed by atoms with van der Waals surface area (Å²) < 4.78 is 6.45. The molecule has 2 heterocycles. The van der Waals surface area contributed by atoms with Crippen molar-refractivity contribution in [2.75, 3.05) is 11.4 Å². The van der Waals surface area contributed by atoms with Crippen molar-refractivity contribution in [2.24, 2.45) is 0 Å². The summed E-state index contributed by atoms with van der Waals surface area (Å²) in [4.78, 5) is 18.8. The molecule has 0 spiro atoms. The molecule has 132 valence electrons. The smallest absolute Gasteiger partial charge is 0.232 e. The number of aromatic nitrogens is 2. The summed E-state index contributed by atoms with van der Waals surface area (Å²) in [6, 6.07) is 13.8. The zero-order valence-corrected chi connectivity index (χ0v) is 16.2. The van der Waals surface area contributed by atoms with Crippen molar-refractivity contribution in [3.05, 3.63) is 64.0 Å². The molecule has 2 aromatic carbocycles. The Morgan fingerprint density at radius 1 is 1.12 bits per heavy atom. The van der Waals surface area contributed by atoms with E-state index >= 15 is 0 Å². The molecule has 0 radical (unpaired) electrons. The molecule has 1 atom stereocenters. The van der Waals surface area contributed by atoms with E-state index in [0.717, 1.165) is 15.7 Å². The maximum Gasteiger partial charge on any atom is 0.232 e. The molecule has 1 saturated heterocycles. The molecule has 3 aromatic rings. The first-order valence-corrected chi connectivity index (χ1v) is 9.28. The summed E-state index contributed by atoms with van der Waals surface area (Å²) in [5.41, 5.74) is 4.20. The van der Waals surface area contributed by atoms with Crippen LogP contribution in [0, 0.1) is 13.8 Å². The lowest BCUT2D eigenvalue weighted by Crippen LogP contribution is -2.24. The molecule has 1 fully saturated rings. The summed E-state index contributed by atoms with van der Waals surface area (Å²) in [6.07, 6.45) is 0.384. The molecule has 0 saturated carbocycles. The van der Waals surface area contributed by atoms with Gasteiger partial charge in [0.05, 0.1) is 5.92 Å². The SMILES string of the molecule is Cc1ccc(N2C[C@@H](c3nc(-c4ccc(Br)cc4)no3)CC2=O)cc1C. The Kier molecular flexibility index (Phi) is 4.36. The largest absolute Gasteiger partial charge is 0.339 e. The van der Waals surface area contributed by atoms with Gasteiger partial charge in [0.25, 0.3) is 0 Å². The van der Waals surface area contributed by atoms with E-state index in [0.29, 0.717) is 24.7 Å². The van der Waals surface area contributed by atoms with Gasteiger partial charge in [-0.05, 0) is 61.4 Å². The van der Waals surface area contributed by atoms with Gasteiger partial charge in [-0.15, -0.1) is 0 Å². The Bertz CT molecular complexity index is 965. The highest BCUT2D eigenvalue weighted by Crippen LogP contribution is 2.32. The normalized spacial score (nSPS) is 17.1. The first-order chi connectivity index (χ1) is 12.5. The Balaban J connectivity index is 1.55. The highest BCUT2D eigenvalue weighted by molar-refractivity contribution is 9.10. The topological polar surface area (TPSA) is 59.2 Å². The lowest BCUT2D eigenvalue weighted by atomic mass is 10.1. The fraction of sp³-hybridized carbons (Fsp3) is 0.250. The van der Waals surface area contributed by atoms with E-state index in [-0.39, 0.29) is 11.8 Å². The summed E-state index contributed by atoms with van der Waals surface area (Å²) >= 11 is 3.41. The van der Waals surface area contributed by atoms with Gasteiger partial charge in [-0.1, -0.05) is 27.2 Å². The van der Waals surface area contributed by atoms with Crippen LogP contribution >= 0.6 is 15.9 Å². The predicted octanol–water partition coefficient (Wildman–Crippen LogP) is 4.64. The average Bonchev–Trinajstić information content (AvgIpc) is 3.25. The molecule has 0 aliphatic carbocycles. The quantitative estimate of drug-likeness (QED) is 0.629. The molecule has 1 aliphatic heterocycles. The standard InChI is InChI=1S/C20H18BrN3O2/c1-12-3-8-17(9-13(12)2)24-11-15(10-18(24)25)20-22-19(23-26-20)14-4-6-16(21)7-5-14/h3-9,15H,10-11H2,1-2H3/t15-/m0/s1. The van der Waals surface area contributed by atoms with E-state index in [4.69, 9.17) is 4.52 Å². The number of amides is 1. The van der Waals surface area contributed by atoms with Crippen molar-refractivity contribution in [2.45, 2.75) is 26.2 Å². The number of halogens is 1. The minimum Gasteiger partial charge on any atom is -0.339 e. The Morgan fingerprint density at radius 2 is 1.88 bits per heavy atom. The van der Waals surface area contributed by atoms with Gasteiger partial charge < -0.3 is 9.42 Å². The third-order valence-corrected chi connectivity index (χ3v) is 5.35. The van der Waals surface area contributed by atoms with Crippen LogP contribution in [0.25, 0.3) is 11.4 Å². The van der Waals surface area contributed by atoms with Crippen LogP contribution in [0.5, 0.6) is 0 Å². The van der Waals surface area contributed by atoms with Crippen LogP contribution in [0.3, 0.4) is 0 Å². The molecule has 1 aromatic heterocycles. The average molecular weight is 412 g/mol. The molecule has 5 nitrogen and oxygen atoms in total. The number of rotatable bonds is 3. The van der Waals surface area contributed by atoms with Crippen LogP contribution in [-0.2, 0) is 4.79 Å². The van der Waals surface area contributed by atoms with Crippen molar-refractivity contribution in [3.63, 3.8) is 0 Å². The zero-order chi connectivity index (χ0) is 18.3. The molecule has 0 bridgehead atoms. The number of carbonyl (C=O) groups is 1. The first kappa shape index (κ1) is 17.0. The van der Waals surface area contributed by atoms with E-state index < -0.39 is 0 Å². The minimum absolute atomic E-state index is 0.0826. The van der Waals surface area contributed by atoms with E-state index in [9.17, 15) is 4.79 Å². The summed E-state index contributed by atoms with van der Waals surface area (Å²) in [6.45, 7) is 4.68. The van der Waals surface area contributed by atoms with Crippen LogP contribution in [-0.4, -0.2) is 22.6 Å². The van der Waals surface area contributed by atoms with E-state index in [1.807, 2.05) is 36.4 Å². The second kappa shape index (κ2) is 6.68. The van der Waals surface area contributed by atoms with Crippen molar-refractivity contribution < 1.29 is 9.32 Å². The number of anilines is 1. The van der Waals surface area contributed by atoms with Crippen molar-refractivity contribution >= 4 is 27.5 Å². The van der Waals surface area contributed by atoms with Crippen LogP contribution < -0.4 is 4.90 Å². The second-order valence-electron chi connectivity index (χ2n) is 6.64. The number of hydrogen-bond donors (Lipinski definition) is 0. The van der Waals surface area contributed by atoms with Crippen molar-refractivity contribution in [3.8, 4) is 11.4 Å². The van der Waals surface area contributed by atoms with E-state index in [1.54, 1.807) is 4.90 Å². The third-order valence-electron chi connectivity index (χ3n) is 4.82. The minimum atomic E-state index is -0.0826. The number of benzene rings is 2. The molecule has 6 heteroatoms. The highest BCUT2D eigenvalue weighted by atomic mass is 79.9. The molecule has 1 aliphatic rings. The van der Waals surface area contributed by atoms with Crippen LogP contribution in [0.1, 0.15) is 29.4 Å². The van der Waals surface area contributed by atoms with E-state index in [1.165, 1.54) is 11.1 Å². The maximum absolute atomic E-state index is 12.5. The highest BCUT2D eigenvalue weighted by Gasteiger charge is 2.35. The Hall–Kier alpha value is -2.47. The molecule has 0 N–H and O–H groups in total. The molecule has 4 rings (SSSR count). The number of nitrogens with zero attached hydrogens (tertiary/aromatic N) is 3. The Labute approximate surface area is 160 Å². The van der Waals surface area contributed by atoms with Gasteiger partial charge in [0, 0.05) is 28.7 Å². The second-order valence-corrected chi connectivity index (χ2v) is 7.55. The van der Waals surface area contributed by atoms with Gasteiger partial charge in [-0.3, -0.25) is 4.79 Å². The number of hydrogen-bond acceptors (Lipinski definition) is 4. The monoisotopic (exact) mass is 411 g/mol. The van der Waals surface area contributed by atoms with Gasteiger partial charge in [-0.2, -0.15) is 4.98 Å². The van der Waals surface area contributed by atoms with E-state index in [2.05, 4.69) is 46.0 Å². The van der Waals surface area contributed by atoms with Crippen molar-refractivity contribution in [1.29, 1.82) is 0 Å². The Morgan fingerprint density at radius 3 is 2.62 bits per heavy atom. The predicted molar refractivity (Wildman–Crippen MR) is 103 cm³/mol. The summed E-state index contributed by atoms with van der Waals surface area (Å²) in [7, 11) is 0. The maximum atomic E-state index is 12.5. The molecular formula is C20H18BrN3O2. The number of aryl methyl sites for hydroxylation is 2. The van der Waals surface area contributed by atoms with Crippen LogP contribution in [0.2, 0.25) is 0 Å². The molecule has 0 unspecified atom stereocenters. The van der Waals surface area contributed by atoms with Crippen molar-refractivity contribution in [1.82, 2.24) is 10.1 Å². The summed E-state index contributed by atoms with van der Waals surface area (Å²) in [5.74, 6) is 1.06. The third kappa shape index (κ3) is 3.17. The van der Waals surface area contributed by atoms with Gasteiger partial charge in [-0.25, -0.2) is 0 Å². The fourth-order valence-electron chi connectivity index (χ4n) is 3.13. The van der Waals surface area contributed by atoms with Crippen LogP contribution in [0.15, 0.2) is 51.5 Å². The lowest BCUT2D eigenvalue weighted by Gasteiger charge is -2.17. The number of carbonyl (C=O) groups excluding carboxylic acids is 1. The van der Waals surface area contributed by atoms with Gasteiger partial charge >= 0.3 is 0 Å².